The van der Waals surface area contributed by atoms with Crippen LogP contribution in [0.3, 0.4) is 0 Å². The third-order valence-corrected chi connectivity index (χ3v) is 4.12. The maximum Gasteiger partial charge on any atom is 0.154 e. The normalized spacial score (nSPS) is 12.5. The van der Waals surface area contributed by atoms with Gasteiger partial charge < -0.3 is 5.32 Å². The van der Waals surface area contributed by atoms with Crippen molar-refractivity contribution in [3.05, 3.63) is 65.5 Å². The van der Waals surface area contributed by atoms with Crippen LogP contribution < -0.4 is 5.32 Å². The molecular formula is C18H16F2N6. The second-order valence-corrected chi connectivity index (χ2v) is 6.10. The quantitative estimate of drug-likeness (QED) is 0.583. The number of fused-ring (bicyclic) bond motifs is 1. The highest BCUT2D eigenvalue weighted by molar-refractivity contribution is 5.60. The van der Waals surface area contributed by atoms with E-state index in [2.05, 4.69) is 25.6 Å². The predicted octanol–water partition coefficient (Wildman–Crippen LogP) is 3.88. The van der Waals surface area contributed by atoms with Crippen LogP contribution in [-0.4, -0.2) is 24.8 Å². The fraction of sp³-hybridized carbons (Fsp3) is 0.167. The molecule has 1 aromatic carbocycles. The van der Waals surface area contributed by atoms with E-state index in [1.807, 2.05) is 19.1 Å². The molecule has 4 rings (SSSR count). The summed E-state index contributed by atoms with van der Waals surface area (Å²) < 4.78 is 28.7. The van der Waals surface area contributed by atoms with Crippen LogP contribution >= 0.6 is 0 Å². The molecule has 3 aromatic heterocycles. The van der Waals surface area contributed by atoms with Gasteiger partial charge >= 0.3 is 0 Å². The maximum atomic E-state index is 14.0. The summed E-state index contributed by atoms with van der Waals surface area (Å²) in [5, 5.41) is 14.8. The van der Waals surface area contributed by atoms with Gasteiger partial charge in [-0.25, -0.2) is 18.3 Å². The van der Waals surface area contributed by atoms with E-state index >= 15 is 0 Å². The van der Waals surface area contributed by atoms with Crippen molar-refractivity contribution in [3.63, 3.8) is 0 Å². The smallest absolute Gasteiger partial charge is 0.154 e. The Hall–Kier alpha value is -3.29. The van der Waals surface area contributed by atoms with Gasteiger partial charge in [0.2, 0.25) is 0 Å². The van der Waals surface area contributed by atoms with Crippen LogP contribution in [0, 0.1) is 18.6 Å². The monoisotopic (exact) mass is 354 g/mol. The first-order chi connectivity index (χ1) is 12.5. The Balaban J connectivity index is 1.66. The summed E-state index contributed by atoms with van der Waals surface area (Å²) in [6.07, 6.45) is 1.70. The fourth-order valence-corrected chi connectivity index (χ4v) is 2.83. The van der Waals surface area contributed by atoms with Crippen molar-refractivity contribution in [2.45, 2.75) is 19.9 Å². The molecule has 0 saturated heterocycles. The van der Waals surface area contributed by atoms with E-state index in [0.717, 1.165) is 23.1 Å². The molecule has 0 radical (unpaired) electrons. The first kappa shape index (κ1) is 16.2. The number of benzene rings is 1. The largest absolute Gasteiger partial charge is 0.362 e. The van der Waals surface area contributed by atoms with Crippen LogP contribution in [0.5, 0.6) is 0 Å². The summed E-state index contributed by atoms with van der Waals surface area (Å²) in [6.45, 7) is 3.70. The summed E-state index contributed by atoms with van der Waals surface area (Å²) in [5.41, 5.74) is 3.45. The topological polar surface area (TPSA) is 70.9 Å². The van der Waals surface area contributed by atoms with E-state index in [4.69, 9.17) is 0 Å². The lowest BCUT2D eigenvalue weighted by Gasteiger charge is -2.16. The lowest BCUT2D eigenvalue weighted by Crippen LogP contribution is -2.11. The van der Waals surface area contributed by atoms with Gasteiger partial charge in [-0.1, -0.05) is 6.07 Å². The molecule has 0 aliphatic rings. The number of halogens is 2. The van der Waals surface area contributed by atoms with E-state index in [0.29, 0.717) is 17.0 Å². The molecule has 0 fully saturated rings. The van der Waals surface area contributed by atoms with Crippen LogP contribution in [-0.2, 0) is 0 Å². The van der Waals surface area contributed by atoms with Gasteiger partial charge in [0, 0.05) is 17.3 Å². The van der Waals surface area contributed by atoms with E-state index in [1.54, 1.807) is 23.7 Å². The number of hydrogen-bond donors (Lipinski definition) is 2. The molecule has 0 amide bonds. The minimum absolute atomic E-state index is 0.363. The van der Waals surface area contributed by atoms with Gasteiger partial charge in [0.05, 0.1) is 12.2 Å². The SMILES string of the molecule is Cc1cc(-c2cnc3ccc(N[C@@H](C)c4ccc(F)cc4F)nn23)n[nH]1. The van der Waals surface area contributed by atoms with Crippen LogP contribution in [0.25, 0.3) is 17.0 Å². The molecule has 0 saturated carbocycles. The number of rotatable bonds is 4. The summed E-state index contributed by atoms with van der Waals surface area (Å²) >= 11 is 0. The van der Waals surface area contributed by atoms with Crippen molar-refractivity contribution in [2.75, 3.05) is 5.32 Å². The number of aryl methyl sites for hydroxylation is 1. The molecule has 3 heterocycles. The third-order valence-electron chi connectivity index (χ3n) is 4.12. The van der Waals surface area contributed by atoms with Gasteiger partial charge in [-0.05, 0) is 38.1 Å². The van der Waals surface area contributed by atoms with Crippen LogP contribution in [0.2, 0.25) is 0 Å². The van der Waals surface area contributed by atoms with Gasteiger partial charge in [-0.15, -0.1) is 5.10 Å². The molecule has 0 aliphatic heterocycles. The highest BCUT2D eigenvalue weighted by Crippen LogP contribution is 2.23. The fourth-order valence-electron chi connectivity index (χ4n) is 2.83. The van der Waals surface area contributed by atoms with Crippen LogP contribution in [0.4, 0.5) is 14.6 Å². The molecule has 0 unspecified atom stereocenters. The van der Waals surface area contributed by atoms with E-state index < -0.39 is 11.6 Å². The number of aromatic nitrogens is 5. The van der Waals surface area contributed by atoms with Crippen molar-refractivity contribution in [1.29, 1.82) is 0 Å². The molecule has 1 atom stereocenters. The van der Waals surface area contributed by atoms with Crippen LogP contribution in [0.15, 0.2) is 42.6 Å². The van der Waals surface area contributed by atoms with Gasteiger partial charge in [-0.2, -0.15) is 5.10 Å². The zero-order valence-corrected chi connectivity index (χ0v) is 14.2. The number of nitrogens with one attached hydrogen (secondary N) is 2. The van der Waals surface area contributed by atoms with Crippen molar-refractivity contribution in [2.24, 2.45) is 0 Å². The Morgan fingerprint density at radius 3 is 2.73 bits per heavy atom. The Morgan fingerprint density at radius 1 is 1.15 bits per heavy atom. The van der Waals surface area contributed by atoms with Crippen molar-refractivity contribution in [1.82, 2.24) is 24.8 Å². The zero-order valence-electron chi connectivity index (χ0n) is 14.2. The second-order valence-electron chi connectivity index (χ2n) is 6.10. The van der Waals surface area contributed by atoms with Gasteiger partial charge in [0.1, 0.15) is 28.8 Å². The zero-order chi connectivity index (χ0) is 18.3. The van der Waals surface area contributed by atoms with Gasteiger partial charge in [0.25, 0.3) is 0 Å². The Morgan fingerprint density at radius 2 is 2.00 bits per heavy atom. The Bertz CT molecular complexity index is 1080. The third kappa shape index (κ3) is 2.90. The lowest BCUT2D eigenvalue weighted by molar-refractivity contribution is 0.566. The Labute approximate surface area is 147 Å². The van der Waals surface area contributed by atoms with Gasteiger partial charge in [0.15, 0.2) is 5.65 Å². The van der Waals surface area contributed by atoms with E-state index in [-0.39, 0.29) is 6.04 Å². The molecule has 2 N–H and O–H groups in total. The number of H-pyrrole nitrogens is 1. The summed E-state index contributed by atoms with van der Waals surface area (Å²) in [4.78, 5) is 4.32. The number of aromatic amines is 1. The molecule has 26 heavy (non-hydrogen) atoms. The van der Waals surface area contributed by atoms with Crippen molar-refractivity contribution >= 4 is 11.5 Å². The second kappa shape index (κ2) is 6.21. The minimum atomic E-state index is -0.602. The molecule has 6 nitrogen and oxygen atoms in total. The first-order valence-electron chi connectivity index (χ1n) is 8.10. The molecule has 0 spiro atoms. The molecule has 0 bridgehead atoms. The summed E-state index contributed by atoms with van der Waals surface area (Å²) in [7, 11) is 0. The highest BCUT2D eigenvalue weighted by Gasteiger charge is 2.14. The average molecular weight is 354 g/mol. The van der Waals surface area contributed by atoms with Crippen molar-refractivity contribution < 1.29 is 8.78 Å². The molecular weight excluding hydrogens is 338 g/mol. The van der Waals surface area contributed by atoms with Gasteiger partial charge in [-0.3, -0.25) is 5.10 Å². The number of nitrogens with zero attached hydrogens (tertiary/aromatic N) is 4. The van der Waals surface area contributed by atoms with Crippen molar-refractivity contribution in [3.8, 4) is 11.4 Å². The molecule has 132 valence electrons. The first-order valence-corrected chi connectivity index (χ1v) is 8.10. The predicted molar refractivity (Wildman–Crippen MR) is 93.7 cm³/mol. The number of hydrogen-bond acceptors (Lipinski definition) is 4. The number of imidazole rings is 1. The average Bonchev–Trinajstić information content (AvgIpc) is 3.20. The highest BCUT2D eigenvalue weighted by atomic mass is 19.1. The number of anilines is 1. The standard InChI is InChI=1S/C18H16F2N6/c1-10-7-15(24-23-10)16-9-21-18-6-5-17(25-26(16)18)22-11(2)13-4-3-12(19)8-14(13)20/h3-9,11H,1-2H3,(H,22,25)(H,23,24)/t11-/m0/s1. The van der Waals surface area contributed by atoms with E-state index in [9.17, 15) is 8.78 Å². The Kier molecular flexibility index (Phi) is 3.87. The molecule has 8 heteroatoms. The summed E-state index contributed by atoms with van der Waals surface area (Å²) in [5.74, 6) is -0.656. The maximum absolute atomic E-state index is 14.0. The molecule has 0 aliphatic carbocycles. The lowest BCUT2D eigenvalue weighted by atomic mass is 10.1. The summed E-state index contributed by atoms with van der Waals surface area (Å²) in [6, 6.07) is 8.63. The minimum Gasteiger partial charge on any atom is -0.362 e. The van der Waals surface area contributed by atoms with E-state index in [1.165, 1.54) is 12.1 Å². The molecule has 4 aromatic rings. The van der Waals surface area contributed by atoms with Crippen LogP contribution in [0.1, 0.15) is 24.2 Å².